The summed E-state index contributed by atoms with van der Waals surface area (Å²) in [4.78, 5) is 22.0. The van der Waals surface area contributed by atoms with E-state index in [9.17, 15) is 31.1 Å². The molecule has 0 bridgehead atoms. The van der Waals surface area contributed by atoms with E-state index >= 15 is 0 Å². The molecule has 1 fully saturated rings. The highest BCUT2D eigenvalue weighted by Crippen LogP contribution is 2.38. The molecule has 2 aromatic carbocycles. The Labute approximate surface area is 184 Å². The second-order valence-corrected chi connectivity index (χ2v) is 7.70. The minimum absolute atomic E-state index is 0.0867. The van der Waals surface area contributed by atoms with Crippen LogP contribution in [0.15, 0.2) is 48.5 Å². The minimum atomic E-state index is -4.77. The summed E-state index contributed by atoms with van der Waals surface area (Å²) in [6.45, 7) is 0.0785. The fourth-order valence-corrected chi connectivity index (χ4v) is 3.86. The number of halogens is 6. The Kier molecular flexibility index (Phi) is 5.89. The molecule has 0 unspecified atom stereocenters. The van der Waals surface area contributed by atoms with Crippen LogP contribution in [0, 0.1) is 5.92 Å². The van der Waals surface area contributed by atoms with E-state index in [1.165, 1.54) is 29.2 Å². The summed E-state index contributed by atoms with van der Waals surface area (Å²) in [5.41, 5.74) is -2.20. The molecule has 1 aliphatic rings. The van der Waals surface area contributed by atoms with Crippen LogP contribution in [0.4, 0.5) is 37.8 Å². The van der Waals surface area contributed by atoms with Gasteiger partial charge in [0.15, 0.2) is 11.5 Å². The third-order valence-electron chi connectivity index (χ3n) is 5.40. The molecule has 0 aliphatic carbocycles. The van der Waals surface area contributed by atoms with Gasteiger partial charge < -0.3 is 10.2 Å². The lowest BCUT2D eigenvalue weighted by Gasteiger charge is -2.34. The molecular weight excluding hydrogens is 450 g/mol. The standard InChI is InChI=1S/C22H18F6N4O/c23-21(24,25)14-7-1-2-8-15(14)31-20(33)13-6-5-11-32(12-13)19-18(22(26,27)28)29-16-9-3-4-10-17(16)30-19/h1-4,7-10,13H,5-6,11-12H2,(H,31,33)/t13-/m1/s1. The van der Waals surface area contributed by atoms with Crippen LogP contribution in [-0.2, 0) is 17.1 Å². The van der Waals surface area contributed by atoms with Crippen LogP contribution in [0.25, 0.3) is 11.0 Å². The number of hydrogen-bond donors (Lipinski definition) is 1. The van der Waals surface area contributed by atoms with Crippen molar-refractivity contribution < 1.29 is 31.1 Å². The van der Waals surface area contributed by atoms with Gasteiger partial charge in [-0.25, -0.2) is 9.97 Å². The predicted molar refractivity (Wildman–Crippen MR) is 110 cm³/mol. The minimum Gasteiger partial charge on any atom is -0.354 e. The number of benzene rings is 2. The highest BCUT2D eigenvalue weighted by Gasteiger charge is 2.40. The Bertz CT molecular complexity index is 1180. The van der Waals surface area contributed by atoms with Crippen LogP contribution < -0.4 is 10.2 Å². The van der Waals surface area contributed by atoms with E-state index in [4.69, 9.17) is 0 Å². The first kappa shape index (κ1) is 22.8. The van der Waals surface area contributed by atoms with Gasteiger partial charge in [0, 0.05) is 13.1 Å². The average Bonchev–Trinajstić information content (AvgIpc) is 2.77. The Hall–Kier alpha value is -3.37. The number of aromatic nitrogens is 2. The highest BCUT2D eigenvalue weighted by atomic mass is 19.4. The SMILES string of the molecule is O=C(Nc1ccccc1C(F)(F)F)[C@@H]1CCCN(c2nc3ccccc3nc2C(F)(F)F)C1. The highest BCUT2D eigenvalue weighted by molar-refractivity contribution is 5.94. The first-order chi connectivity index (χ1) is 15.5. The van der Waals surface area contributed by atoms with Crippen molar-refractivity contribution in [2.24, 2.45) is 5.92 Å². The van der Waals surface area contributed by atoms with Crippen LogP contribution in [0.5, 0.6) is 0 Å². The molecule has 1 N–H and O–H groups in total. The normalized spacial score (nSPS) is 17.3. The molecule has 0 spiro atoms. The lowest BCUT2D eigenvalue weighted by atomic mass is 9.96. The van der Waals surface area contributed by atoms with Crippen LogP contribution in [0.3, 0.4) is 0 Å². The first-order valence-electron chi connectivity index (χ1n) is 10.1. The van der Waals surface area contributed by atoms with Crippen molar-refractivity contribution >= 4 is 28.4 Å². The summed E-state index contributed by atoms with van der Waals surface area (Å²) in [7, 11) is 0. The van der Waals surface area contributed by atoms with E-state index in [-0.39, 0.29) is 24.1 Å². The van der Waals surface area contributed by atoms with Crippen LogP contribution in [0.1, 0.15) is 24.1 Å². The summed E-state index contributed by atoms with van der Waals surface area (Å²) in [5.74, 6) is -1.91. The van der Waals surface area contributed by atoms with Gasteiger partial charge in [0.05, 0.1) is 28.2 Å². The molecule has 33 heavy (non-hydrogen) atoms. The van der Waals surface area contributed by atoms with E-state index in [0.29, 0.717) is 12.8 Å². The van der Waals surface area contributed by atoms with Gasteiger partial charge in [-0.2, -0.15) is 26.3 Å². The van der Waals surface area contributed by atoms with E-state index in [0.717, 1.165) is 12.1 Å². The third kappa shape index (κ3) is 4.86. The smallest absolute Gasteiger partial charge is 0.354 e. The monoisotopic (exact) mass is 468 g/mol. The summed E-state index contributed by atoms with van der Waals surface area (Å²) in [5, 5.41) is 2.29. The maximum absolute atomic E-state index is 13.7. The molecule has 1 saturated heterocycles. The zero-order valence-electron chi connectivity index (χ0n) is 17.0. The topological polar surface area (TPSA) is 58.1 Å². The summed E-state index contributed by atoms with van der Waals surface area (Å²) >= 11 is 0. The quantitative estimate of drug-likeness (QED) is 0.514. The van der Waals surface area contributed by atoms with Gasteiger partial charge in [-0.05, 0) is 37.1 Å². The van der Waals surface area contributed by atoms with Crippen LogP contribution >= 0.6 is 0 Å². The van der Waals surface area contributed by atoms with E-state index in [2.05, 4.69) is 15.3 Å². The number of piperidine rings is 1. The molecule has 1 aliphatic heterocycles. The lowest BCUT2D eigenvalue weighted by molar-refractivity contribution is -0.140. The number of nitrogens with zero attached hydrogens (tertiary/aromatic N) is 3. The van der Waals surface area contributed by atoms with E-state index in [1.807, 2.05) is 0 Å². The van der Waals surface area contributed by atoms with Gasteiger partial charge >= 0.3 is 12.4 Å². The lowest BCUT2D eigenvalue weighted by Crippen LogP contribution is -2.42. The first-order valence-corrected chi connectivity index (χ1v) is 10.1. The molecule has 1 amide bonds. The summed E-state index contributed by atoms with van der Waals surface area (Å²) in [6.07, 6.45) is -8.75. The molecule has 11 heteroatoms. The Morgan fingerprint density at radius 2 is 1.55 bits per heavy atom. The van der Waals surface area contributed by atoms with Crippen molar-refractivity contribution in [1.29, 1.82) is 0 Å². The molecular formula is C22H18F6N4O. The van der Waals surface area contributed by atoms with Gasteiger partial charge in [0.25, 0.3) is 0 Å². The summed E-state index contributed by atoms with van der Waals surface area (Å²) < 4.78 is 80.8. The number of fused-ring (bicyclic) bond motifs is 1. The van der Waals surface area contributed by atoms with Crippen molar-refractivity contribution in [2.45, 2.75) is 25.2 Å². The molecule has 4 rings (SSSR count). The largest absolute Gasteiger partial charge is 0.437 e. The second kappa shape index (κ2) is 8.53. The zero-order chi connectivity index (χ0) is 23.8. The molecule has 5 nitrogen and oxygen atoms in total. The number of carbonyl (C=O) groups is 1. The maximum Gasteiger partial charge on any atom is 0.437 e. The third-order valence-corrected chi connectivity index (χ3v) is 5.40. The van der Waals surface area contributed by atoms with E-state index < -0.39 is 46.9 Å². The molecule has 1 aromatic heterocycles. The van der Waals surface area contributed by atoms with Gasteiger partial charge in [0.2, 0.25) is 5.91 Å². The van der Waals surface area contributed by atoms with Gasteiger partial charge in [-0.3, -0.25) is 4.79 Å². The van der Waals surface area contributed by atoms with Crippen molar-refractivity contribution in [3.63, 3.8) is 0 Å². The Balaban J connectivity index is 1.61. The molecule has 174 valence electrons. The second-order valence-electron chi connectivity index (χ2n) is 7.70. The molecule has 2 heterocycles. The molecule has 0 saturated carbocycles. The van der Waals surface area contributed by atoms with Gasteiger partial charge in [0.1, 0.15) is 0 Å². The number of hydrogen-bond acceptors (Lipinski definition) is 4. The number of alkyl halides is 6. The van der Waals surface area contributed by atoms with Crippen molar-refractivity contribution in [3.8, 4) is 0 Å². The Morgan fingerprint density at radius 1 is 0.909 bits per heavy atom. The summed E-state index contributed by atoms with van der Waals surface area (Å²) in [6, 6.07) is 10.7. The number of anilines is 2. The molecule has 1 atom stereocenters. The molecule has 3 aromatic rings. The van der Waals surface area contributed by atoms with Crippen molar-refractivity contribution in [2.75, 3.05) is 23.3 Å². The number of rotatable bonds is 3. The fourth-order valence-electron chi connectivity index (χ4n) is 3.86. The van der Waals surface area contributed by atoms with E-state index in [1.54, 1.807) is 12.1 Å². The number of para-hydroxylation sites is 3. The fraction of sp³-hybridized carbons (Fsp3) is 0.318. The van der Waals surface area contributed by atoms with Gasteiger partial charge in [-0.1, -0.05) is 24.3 Å². The number of carbonyl (C=O) groups excluding carboxylic acids is 1. The Morgan fingerprint density at radius 3 is 2.21 bits per heavy atom. The maximum atomic E-state index is 13.7. The van der Waals surface area contributed by atoms with Gasteiger partial charge in [-0.15, -0.1) is 0 Å². The van der Waals surface area contributed by atoms with Crippen molar-refractivity contribution in [1.82, 2.24) is 9.97 Å². The number of amides is 1. The molecule has 0 radical (unpaired) electrons. The van der Waals surface area contributed by atoms with Crippen LogP contribution in [0.2, 0.25) is 0 Å². The average molecular weight is 468 g/mol. The predicted octanol–water partition coefficient (Wildman–Crippen LogP) is 5.52. The van der Waals surface area contributed by atoms with Crippen LogP contribution in [-0.4, -0.2) is 29.0 Å². The van der Waals surface area contributed by atoms with Crippen molar-refractivity contribution in [3.05, 3.63) is 59.8 Å². The zero-order valence-corrected chi connectivity index (χ0v) is 17.0. The number of nitrogens with one attached hydrogen (secondary N) is 1.